The van der Waals surface area contributed by atoms with Crippen LogP contribution in [-0.4, -0.2) is 30.3 Å². The van der Waals surface area contributed by atoms with Crippen molar-refractivity contribution in [3.8, 4) is 11.5 Å². The highest BCUT2D eigenvalue weighted by Gasteiger charge is 2.35. The van der Waals surface area contributed by atoms with Gasteiger partial charge in [0.2, 0.25) is 0 Å². The predicted molar refractivity (Wildman–Crippen MR) is 111 cm³/mol. The number of carbonyl (C=O) groups excluding carboxylic acids is 2. The van der Waals surface area contributed by atoms with Crippen LogP contribution in [0.25, 0.3) is 5.70 Å². The van der Waals surface area contributed by atoms with Crippen LogP contribution in [0.15, 0.2) is 52.5 Å². The molecule has 0 saturated heterocycles. The number of nitrogens with one attached hydrogen (secondary N) is 2. The lowest BCUT2D eigenvalue weighted by molar-refractivity contribution is -0.143. The van der Waals surface area contributed by atoms with E-state index in [0.29, 0.717) is 27.0 Å². The summed E-state index contributed by atoms with van der Waals surface area (Å²) in [6, 6.07) is 10.6. The molecule has 8 heteroatoms. The van der Waals surface area contributed by atoms with E-state index >= 15 is 0 Å². The topological polar surface area (TPSA) is 96.9 Å². The molecule has 0 saturated carbocycles. The summed E-state index contributed by atoms with van der Waals surface area (Å²) in [5.41, 5.74) is 1.88. The maximum atomic E-state index is 13.0. The highest BCUT2D eigenvalue weighted by Crippen LogP contribution is 2.35. The first-order valence-corrected chi connectivity index (χ1v) is 9.75. The van der Waals surface area contributed by atoms with Crippen molar-refractivity contribution in [2.75, 3.05) is 7.11 Å². The number of hydrogen-bond donors (Lipinski definition) is 3. The van der Waals surface area contributed by atoms with Crippen molar-refractivity contribution in [2.45, 2.75) is 26.0 Å². The molecule has 1 atom stereocenters. The molecule has 29 heavy (non-hydrogen) atoms. The first-order valence-electron chi connectivity index (χ1n) is 8.95. The number of rotatable bonds is 5. The van der Waals surface area contributed by atoms with Gasteiger partial charge < -0.3 is 25.2 Å². The second-order valence-corrected chi connectivity index (χ2v) is 7.57. The zero-order valence-corrected chi connectivity index (χ0v) is 17.7. The number of halogens is 1. The van der Waals surface area contributed by atoms with Gasteiger partial charge in [-0.15, -0.1) is 0 Å². The summed E-state index contributed by atoms with van der Waals surface area (Å²) in [7, 11) is 1.56. The number of methoxy groups -OCH3 is 1. The molecule has 1 aliphatic rings. The van der Waals surface area contributed by atoms with E-state index in [-0.39, 0.29) is 17.4 Å². The van der Waals surface area contributed by atoms with Gasteiger partial charge in [0, 0.05) is 0 Å². The van der Waals surface area contributed by atoms with Crippen molar-refractivity contribution in [2.24, 2.45) is 0 Å². The number of amides is 2. The van der Waals surface area contributed by atoms with Crippen molar-refractivity contribution in [1.29, 1.82) is 0 Å². The van der Waals surface area contributed by atoms with Crippen LogP contribution in [0.4, 0.5) is 4.79 Å². The minimum absolute atomic E-state index is 0.0553. The Morgan fingerprint density at radius 1 is 1.17 bits per heavy atom. The molecule has 0 fully saturated rings. The van der Waals surface area contributed by atoms with E-state index < -0.39 is 18.0 Å². The van der Waals surface area contributed by atoms with Crippen LogP contribution in [0.2, 0.25) is 0 Å². The zero-order valence-electron chi connectivity index (χ0n) is 16.2. The van der Waals surface area contributed by atoms with Crippen LogP contribution in [0.1, 0.15) is 31.0 Å². The molecule has 2 aromatic rings. The fraction of sp³-hybridized carbons (Fsp3) is 0.238. The smallest absolute Gasteiger partial charge is 0.338 e. The molecule has 1 unspecified atom stereocenters. The number of ether oxygens (including phenoxy) is 2. The molecule has 7 nitrogen and oxygen atoms in total. The normalized spacial score (nSPS) is 16.3. The van der Waals surface area contributed by atoms with Gasteiger partial charge in [-0.3, -0.25) is 0 Å². The lowest BCUT2D eigenvalue weighted by Crippen LogP contribution is -2.45. The largest absolute Gasteiger partial charge is 0.507 e. The standard InChI is InChI=1S/C21H21BrN2O5/c1-11(2)29-20(26)17-18(12-4-7-14(28-3)8-5-12)23-21(27)24-19(17)13-6-9-16(25)15(22)10-13/h4-11,19,25H,1-3H3,(H2,23,24,27). The van der Waals surface area contributed by atoms with E-state index in [1.54, 1.807) is 57.4 Å². The van der Waals surface area contributed by atoms with Crippen LogP contribution < -0.4 is 15.4 Å². The summed E-state index contributed by atoms with van der Waals surface area (Å²) in [5.74, 6) is 0.159. The third-order valence-electron chi connectivity index (χ3n) is 4.32. The maximum Gasteiger partial charge on any atom is 0.338 e. The summed E-state index contributed by atoms with van der Waals surface area (Å²) in [6.45, 7) is 3.51. The lowest BCUT2D eigenvalue weighted by Gasteiger charge is -2.30. The first kappa shape index (κ1) is 20.7. The molecular formula is C21H21BrN2O5. The fourth-order valence-corrected chi connectivity index (χ4v) is 3.40. The van der Waals surface area contributed by atoms with Gasteiger partial charge in [0.15, 0.2) is 0 Å². The Hall–Kier alpha value is -3.00. The number of aromatic hydroxyl groups is 1. The third-order valence-corrected chi connectivity index (χ3v) is 4.95. The molecule has 0 spiro atoms. The van der Waals surface area contributed by atoms with Crippen molar-refractivity contribution >= 4 is 33.6 Å². The Balaban J connectivity index is 2.17. The molecule has 2 amide bonds. The summed E-state index contributed by atoms with van der Waals surface area (Å²) in [5, 5.41) is 15.3. The Labute approximate surface area is 176 Å². The van der Waals surface area contributed by atoms with E-state index in [0.717, 1.165) is 0 Å². The van der Waals surface area contributed by atoms with Gasteiger partial charge in [-0.05, 0) is 77.3 Å². The summed E-state index contributed by atoms with van der Waals surface area (Å²) in [6.07, 6.45) is -0.336. The number of hydrogen-bond acceptors (Lipinski definition) is 5. The average Bonchev–Trinajstić information content (AvgIpc) is 2.68. The zero-order chi connectivity index (χ0) is 21.1. The van der Waals surface area contributed by atoms with Crippen LogP contribution >= 0.6 is 15.9 Å². The number of esters is 1. The van der Waals surface area contributed by atoms with E-state index in [1.165, 1.54) is 6.07 Å². The molecular weight excluding hydrogens is 440 g/mol. The average molecular weight is 461 g/mol. The number of urea groups is 1. The molecule has 0 aromatic heterocycles. The van der Waals surface area contributed by atoms with E-state index in [1.807, 2.05) is 0 Å². The maximum absolute atomic E-state index is 13.0. The molecule has 0 bridgehead atoms. The van der Waals surface area contributed by atoms with Crippen LogP contribution in [0.5, 0.6) is 11.5 Å². The number of benzene rings is 2. The van der Waals surface area contributed by atoms with Crippen LogP contribution in [0.3, 0.4) is 0 Å². The number of phenolic OH excluding ortho intramolecular Hbond substituents is 1. The van der Waals surface area contributed by atoms with Gasteiger partial charge in [0.25, 0.3) is 0 Å². The van der Waals surface area contributed by atoms with E-state index in [4.69, 9.17) is 9.47 Å². The number of phenols is 1. The Morgan fingerprint density at radius 3 is 2.45 bits per heavy atom. The van der Waals surface area contributed by atoms with Crippen LogP contribution in [-0.2, 0) is 9.53 Å². The predicted octanol–water partition coefficient (Wildman–Crippen LogP) is 3.88. The van der Waals surface area contributed by atoms with Crippen molar-refractivity contribution in [1.82, 2.24) is 10.6 Å². The van der Waals surface area contributed by atoms with Crippen molar-refractivity contribution < 1.29 is 24.2 Å². The molecule has 3 rings (SSSR count). The molecule has 1 aliphatic heterocycles. The first-order chi connectivity index (χ1) is 13.8. The third kappa shape index (κ3) is 4.54. The van der Waals surface area contributed by atoms with Gasteiger partial charge in [0.1, 0.15) is 11.5 Å². The Kier molecular flexibility index (Phi) is 6.12. The van der Waals surface area contributed by atoms with Gasteiger partial charge in [0.05, 0.1) is 35.0 Å². The molecule has 0 radical (unpaired) electrons. The molecule has 0 aliphatic carbocycles. The highest BCUT2D eigenvalue weighted by molar-refractivity contribution is 9.10. The van der Waals surface area contributed by atoms with Gasteiger partial charge in [-0.25, -0.2) is 9.59 Å². The van der Waals surface area contributed by atoms with Crippen molar-refractivity contribution in [3.63, 3.8) is 0 Å². The monoisotopic (exact) mass is 460 g/mol. The Bertz CT molecular complexity index is 970. The summed E-state index contributed by atoms with van der Waals surface area (Å²) < 4.78 is 11.1. The molecule has 152 valence electrons. The second-order valence-electron chi connectivity index (χ2n) is 6.71. The molecule has 2 aromatic carbocycles. The van der Waals surface area contributed by atoms with Gasteiger partial charge in [-0.2, -0.15) is 0 Å². The minimum Gasteiger partial charge on any atom is -0.507 e. The van der Waals surface area contributed by atoms with Gasteiger partial charge in [-0.1, -0.05) is 6.07 Å². The second kappa shape index (κ2) is 8.57. The van der Waals surface area contributed by atoms with E-state index in [9.17, 15) is 14.7 Å². The lowest BCUT2D eigenvalue weighted by atomic mass is 9.92. The van der Waals surface area contributed by atoms with Gasteiger partial charge >= 0.3 is 12.0 Å². The Morgan fingerprint density at radius 2 is 1.86 bits per heavy atom. The molecule has 1 heterocycles. The minimum atomic E-state index is -0.760. The molecule has 3 N–H and O–H groups in total. The summed E-state index contributed by atoms with van der Waals surface area (Å²) in [4.78, 5) is 25.4. The van der Waals surface area contributed by atoms with E-state index in [2.05, 4.69) is 26.6 Å². The SMILES string of the molecule is COc1ccc(C2=C(C(=O)OC(C)C)C(c3ccc(O)c(Br)c3)NC(=O)N2)cc1. The number of carbonyl (C=O) groups is 2. The van der Waals surface area contributed by atoms with Crippen molar-refractivity contribution in [3.05, 3.63) is 63.6 Å². The summed E-state index contributed by atoms with van der Waals surface area (Å²) >= 11 is 3.28. The van der Waals surface area contributed by atoms with Crippen LogP contribution in [0, 0.1) is 0 Å². The fourth-order valence-electron chi connectivity index (χ4n) is 3.00. The quantitative estimate of drug-likeness (QED) is 0.588. The highest BCUT2D eigenvalue weighted by atomic mass is 79.9.